The van der Waals surface area contributed by atoms with Crippen LogP contribution in [0.15, 0.2) is 22.9 Å². The number of rotatable bonds is 2. The fourth-order valence-corrected chi connectivity index (χ4v) is 3.11. The summed E-state index contributed by atoms with van der Waals surface area (Å²) in [6.07, 6.45) is 6.68. The standard InChI is InChI=1S/C13H15BrN2O/c1-17-12-6-10(7-16-13(12)14)9-4-8-2-3-15-11(8)5-9/h4,6-8,11,15H,2-3,5H2,1H3. The molecule has 1 aliphatic heterocycles. The summed E-state index contributed by atoms with van der Waals surface area (Å²) in [6.45, 7) is 1.15. The van der Waals surface area contributed by atoms with Crippen molar-refractivity contribution in [1.29, 1.82) is 0 Å². The Morgan fingerprint density at radius 3 is 3.18 bits per heavy atom. The molecule has 2 aliphatic rings. The number of halogens is 1. The summed E-state index contributed by atoms with van der Waals surface area (Å²) in [5, 5.41) is 3.55. The maximum Gasteiger partial charge on any atom is 0.152 e. The van der Waals surface area contributed by atoms with Crippen molar-refractivity contribution in [3.63, 3.8) is 0 Å². The Balaban J connectivity index is 1.90. The Morgan fingerprint density at radius 2 is 2.41 bits per heavy atom. The molecule has 1 N–H and O–H groups in total. The number of nitrogens with zero attached hydrogens (tertiary/aromatic N) is 1. The van der Waals surface area contributed by atoms with Crippen LogP contribution in [0.3, 0.4) is 0 Å². The largest absolute Gasteiger partial charge is 0.494 e. The number of pyridine rings is 1. The lowest BCUT2D eigenvalue weighted by Crippen LogP contribution is -2.22. The average Bonchev–Trinajstić information content (AvgIpc) is 2.90. The SMILES string of the molecule is COc1cc(C2=CC3CCNC3C2)cnc1Br. The molecule has 17 heavy (non-hydrogen) atoms. The summed E-state index contributed by atoms with van der Waals surface area (Å²) in [5.74, 6) is 1.51. The second-order valence-corrected chi connectivity index (χ2v) is 5.38. The minimum atomic E-state index is 0.639. The number of aromatic nitrogens is 1. The fourth-order valence-electron chi connectivity index (χ4n) is 2.74. The van der Waals surface area contributed by atoms with Gasteiger partial charge in [0.25, 0.3) is 0 Å². The summed E-state index contributed by atoms with van der Waals surface area (Å²) in [6, 6.07) is 2.70. The first-order chi connectivity index (χ1) is 8.28. The van der Waals surface area contributed by atoms with Gasteiger partial charge in [-0.25, -0.2) is 4.98 Å². The van der Waals surface area contributed by atoms with Gasteiger partial charge in [-0.05, 0) is 58.4 Å². The molecule has 0 amide bonds. The van der Waals surface area contributed by atoms with Crippen molar-refractivity contribution in [2.24, 2.45) is 5.92 Å². The molecular formula is C13H15BrN2O. The van der Waals surface area contributed by atoms with E-state index < -0.39 is 0 Å². The number of nitrogens with one attached hydrogen (secondary N) is 1. The second-order valence-electron chi connectivity index (χ2n) is 4.63. The Labute approximate surface area is 109 Å². The third-order valence-corrected chi connectivity index (χ3v) is 4.25. The van der Waals surface area contributed by atoms with Crippen LogP contribution in [0.2, 0.25) is 0 Å². The van der Waals surface area contributed by atoms with Gasteiger partial charge in [0.05, 0.1) is 7.11 Å². The molecule has 2 atom stereocenters. The Bertz CT molecular complexity index is 472. The summed E-state index contributed by atoms with van der Waals surface area (Å²) in [7, 11) is 1.67. The minimum absolute atomic E-state index is 0.639. The van der Waals surface area contributed by atoms with Crippen LogP contribution in [0, 0.1) is 5.92 Å². The molecule has 1 saturated heterocycles. The van der Waals surface area contributed by atoms with Crippen LogP contribution in [0.25, 0.3) is 5.57 Å². The Hall–Kier alpha value is -0.870. The highest BCUT2D eigenvalue weighted by atomic mass is 79.9. The first-order valence-corrected chi connectivity index (χ1v) is 6.71. The van der Waals surface area contributed by atoms with E-state index in [1.165, 1.54) is 17.6 Å². The molecule has 2 heterocycles. The smallest absolute Gasteiger partial charge is 0.152 e. The zero-order valence-electron chi connectivity index (χ0n) is 9.74. The van der Waals surface area contributed by atoms with Gasteiger partial charge >= 0.3 is 0 Å². The van der Waals surface area contributed by atoms with Crippen LogP contribution < -0.4 is 10.1 Å². The maximum absolute atomic E-state index is 5.29. The van der Waals surface area contributed by atoms with E-state index in [1.807, 2.05) is 6.20 Å². The first kappa shape index (κ1) is 11.2. The molecule has 2 unspecified atom stereocenters. The molecule has 0 bridgehead atoms. The van der Waals surface area contributed by atoms with Crippen molar-refractivity contribution >= 4 is 21.5 Å². The van der Waals surface area contributed by atoms with Crippen LogP contribution in [-0.2, 0) is 0 Å². The van der Waals surface area contributed by atoms with E-state index in [2.05, 4.69) is 38.4 Å². The zero-order chi connectivity index (χ0) is 11.8. The van der Waals surface area contributed by atoms with Crippen molar-refractivity contribution in [3.8, 4) is 5.75 Å². The van der Waals surface area contributed by atoms with Crippen LogP contribution in [-0.4, -0.2) is 24.7 Å². The van der Waals surface area contributed by atoms with Gasteiger partial charge in [0.2, 0.25) is 0 Å². The van der Waals surface area contributed by atoms with E-state index in [9.17, 15) is 0 Å². The van der Waals surface area contributed by atoms with Gasteiger partial charge in [0.15, 0.2) is 5.75 Å². The van der Waals surface area contributed by atoms with E-state index in [-0.39, 0.29) is 0 Å². The minimum Gasteiger partial charge on any atom is -0.494 e. The molecule has 1 fully saturated rings. The van der Waals surface area contributed by atoms with Crippen molar-refractivity contribution in [2.75, 3.05) is 13.7 Å². The second kappa shape index (κ2) is 4.42. The lowest BCUT2D eigenvalue weighted by molar-refractivity contribution is 0.409. The van der Waals surface area contributed by atoms with Crippen LogP contribution >= 0.6 is 15.9 Å². The van der Waals surface area contributed by atoms with E-state index in [0.717, 1.165) is 23.3 Å². The molecule has 3 rings (SSSR count). The highest BCUT2D eigenvalue weighted by molar-refractivity contribution is 9.10. The topological polar surface area (TPSA) is 34.1 Å². The summed E-state index contributed by atoms with van der Waals surface area (Å²) < 4.78 is 6.05. The quantitative estimate of drug-likeness (QED) is 0.852. The third-order valence-electron chi connectivity index (χ3n) is 3.65. The van der Waals surface area contributed by atoms with Crippen molar-refractivity contribution in [1.82, 2.24) is 10.3 Å². The fraction of sp³-hybridized carbons (Fsp3) is 0.462. The first-order valence-electron chi connectivity index (χ1n) is 5.92. The van der Waals surface area contributed by atoms with E-state index in [1.54, 1.807) is 7.11 Å². The lowest BCUT2D eigenvalue weighted by Gasteiger charge is -2.09. The average molecular weight is 295 g/mol. The van der Waals surface area contributed by atoms with Crippen LogP contribution in [0.4, 0.5) is 0 Å². The molecule has 0 spiro atoms. The monoisotopic (exact) mass is 294 g/mol. The predicted octanol–water partition coefficient (Wildman–Crippen LogP) is 2.62. The molecule has 1 aromatic heterocycles. The van der Waals surface area contributed by atoms with E-state index in [0.29, 0.717) is 12.0 Å². The predicted molar refractivity (Wildman–Crippen MR) is 71.0 cm³/mol. The molecule has 90 valence electrons. The number of ether oxygens (including phenoxy) is 1. The van der Waals surface area contributed by atoms with Gasteiger partial charge in [-0.15, -0.1) is 0 Å². The summed E-state index contributed by atoms with van der Waals surface area (Å²) in [5.41, 5.74) is 2.58. The molecule has 3 nitrogen and oxygen atoms in total. The normalized spacial score (nSPS) is 26.8. The van der Waals surface area contributed by atoms with Crippen molar-refractivity contribution in [3.05, 3.63) is 28.5 Å². The molecular weight excluding hydrogens is 280 g/mol. The number of hydrogen-bond acceptors (Lipinski definition) is 3. The Kier molecular flexibility index (Phi) is 2.92. The van der Waals surface area contributed by atoms with Gasteiger partial charge in [-0.3, -0.25) is 0 Å². The van der Waals surface area contributed by atoms with Crippen molar-refractivity contribution in [2.45, 2.75) is 18.9 Å². The zero-order valence-corrected chi connectivity index (χ0v) is 11.3. The van der Waals surface area contributed by atoms with Crippen LogP contribution in [0.1, 0.15) is 18.4 Å². The maximum atomic E-state index is 5.29. The highest BCUT2D eigenvalue weighted by Gasteiger charge is 2.31. The third kappa shape index (κ3) is 2.00. The van der Waals surface area contributed by atoms with Gasteiger partial charge in [-0.2, -0.15) is 0 Å². The van der Waals surface area contributed by atoms with E-state index >= 15 is 0 Å². The van der Waals surface area contributed by atoms with Crippen LogP contribution in [0.5, 0.6) is 5.75 Å². The number of fused-ring (bicyclic) bond motifs is 1. The summed E-state index contributed by atoms with van der Waals surface area (Å²) in [4.78, 5) is 4.32. The number of hydrogen-bond donors (Lipinski definition) is 1. The van der Waals surface area contributed by atoms with Gasteiger partial charge in [0, 0.05) is 12.2 Å². The number of methoxy groups -OCH3 is 1. The summed E-state index contributed by atoms with van der Waals surface area (Å²) >= 11 is 3.38. The van der Waals surface area contributed by atoms with Crippen molar-refractivity contribution < 1.29 is 4.74 Å². The molecule has 1 aromatic rings. The molecule has 0 aromatic carbocycles. The molecule has 0 radical (unpaired) electrons. The highest BCUT2D eigenvalue weighted by Crippen LogP contribution is 2.37. The Morgan fingerprint density at radius 1 is 1.53 bits per heavy atom. The molecule has 0 saturated carbocycles. The van der Waals surface area contributed by atoms with Gasteiger partial charge < -0.3 is 10.1 Å². The lowest BCUT2D eigenvalue weighted by atomic mass is 10.1. The molecule has 1 aliphatic carbocycles. The molecule has 4 heteroatoms. The van der Waals surface area contributed by atoms with Gasteiger partial charge in [-0.1, -0.05) is 6.08 Å². The van der Waals surface area contributed by atoms with Gasteiger partial charge in [0.1, 0.15) is 4.60 Å². The van der Waals surface area contributed by atoms with E-state index in [4.69, 9.17) is 4.74 Å².